The van der Waals surface area contributed by atoms with Gasteiger partial charge in [-0.05, 0) is 0 Å². The second kappa shape index (κ2) is 2.97. The first kappa shape index (κ1) is 9.49. The van der Waals surface area contributed by atoms with Gasteiger partial charge in [0.15, 0.2) is 0 Å². The minimum atomic E-state index is -0.548. The summed E-state index contributed by atoms with van der Waals surface area (Å²) in [4.78, 5) is 12.2. The van der Waals surface area contributed by atoms with Crippen LogP contribution in [-0.4, -0.2) is 13.0 Å². The summed E-state index contributed by atoms with van der Waals surface area (Å²) < 4.78 is 13.4. The molecular weight excluding hydrogens is 227 g/mol. The minimum absolute atomic E-state index is 0.204. The summed E-state index contributed by atoms with van der Waals surface area (Å²) in [5.41, 5.74) is 6.67. The average molecular weight is 235 g/mol. The van der Waals surface area contributed by atoms with E-state index in [0.717, 1.165) is 0 Å². The average Bonchev–Trinajstić information content (AvgIpc) is 2.31. The van der Waals surface area contributed by atoms with Crippen molar-refractivity contribution in [3.63, 3.8) is 0 Å². The van der Waals surface area contributed by atoms with Crippen LogP contribution < -0.4 is 10.6 Å². The molecule has 1 amide bonds. The molecule has 14 heavy (non-hydrogen) atoms. The molecule has 0 saturated carbocycles. The zero-order chi connectivity index (χ0) is 10.5. The molecule has 0 fully saturated rings. The number of nitrogens with zero attached hydrogens (tertiary/aromatic N) is 1. The summed E-state index contributed by atoms with van der Waals surface area (Å²) in [6.45, 7) is 0. The van der Waals surface area contributed by atoms with E-state index in [1.807, 2.05) is 0 Å². The standard InChI is InChI=1S/C9H8FN2O.Fe/c1-12-8(13)3-5-2-6(11)4-7(10)9(5)12;/h2-4H,11H2,1H3;. The van der Waals surface area contributed by atoms with Crippen molar-refractivity contribution in [1.29, 1.82) is 0 Å². The quantitative estimate of drug-likeness (QED) is 0.538. The molecule has 1 heterocycles. The predicted molar refractivity (Wildman–Crippen MR) is 47.0 cm³/mol. The number of nitrogen functional groups attached to an aromatic ring is 1. The molecule has 1 aromatic rings. The van der Waals surface area contributed by atoms with E-state index >= 15 is 0 Å². The van der Waals surface area contributed by atoms with E-state index in [2.05, 4.69) is 16.0 Å². The van der Waals surface area contributed by atoms with Crippen LogP contribution in [0.25, 0.3) is 0 Å². The van der Waals surface area contributed by atoms with Crippen molar-refractivity contribution >= 4 is 17.3 Å². The van der Waals surface area contributed by atoms with Gasteiger partial charge in [-0.3, -0.25) is 0 Å². The molecule has 0 aromatic heterocycles. The summed E-state index contributed by atoms with van der Waals surface area (Å²) in [6, 6.07) is 2.80. The van der Waals surface area contributed by atoms with Gasteiger partial charge >= 0.3 is 88.5 Å². The summed E-state index contributed by atoms with van der Waals surface area (Å²) in [5.74, 6) is -0.675. The third kappa shape index (κ3) is 1.13. The molecule has 2 rings (SSSR count). The van der Waals surface area contributed by atoms with Crippen LogP contribution in [0.5, 0.6) is 0 Å². The molecule has 0 spiro atoms. The molecule has 1 aromatic carbocycles. The molecule has 0 saturated heterocycles. The number of nitrogens with two attached hydrogens (primary N) is 1. The van der Waals surface area contributed by atoms with E-state index in [1.54, 1.807) is 6.07 Å². The second-order valence-electron chi connectivity index (χ2n) is 3.19. The predicted octanol–water partition coefficient (Wildman–Crippen LogP) is 0.972. The van der Waals surface area contributed by atoms with Crippen LogP contribution in [0.2, 0.25) is 0 Å². The molecule has 1 atom stereocenters. The zero-order valence-corrected chi connectivity index (χ0v) is 8.50. The van der Waals surface area contributed by atoms with Crippen LogP contribution in [0.3, 0.4) is 0 Å². The fraction of sp³-hybridized carbons (Fsp3) is 0.222. The Bertz CT molecular complexity index is 422. The van der Waals surface area contributed by atoms with E-state index in [9.17, 15) is 9.18 Å². The molecule has 1 aliphatic rings. The van der Waals surface area contributed by atoms with Gasteiger partial charge in [0.1, 0.15) is 0 Å². The number of carbonyl (C=O) groups is 1. The van der Waals surface area contributed by atoms with Crippen LogP contribution in [-0.2, 0) is 20.8 Å². The van der Waals surface area contributed by atoms with Crippen LogP contribution in [0.15, 0.2) is 12.1 Å². The number of carbonyl (C=O) groups excluding carboxylic acids is 1. The first-order valence-electron chi connectivity index (χ1n) is 4.01. The maximum absolute atomic E-state index is 13.4. The Morgan fingerprint density at radius 2 is 2.21 bits per heavy atom. The Labute approximate surface area is 88.9 Å². The molecule has 1 unspecified atom stereocenters. The van der Waals surface area contributed by atoms with Gasteiger partial charge in [0.2, 0.25) is 0 Å². The van der Waals surface area contributed by atoms with Crippen molar-refractivity contribution in [2.24, 2.45) is 0 Å². The first-order chi connectivity index (χ1) is 6.52. The van der Waals surface area contributed by atoms with Crippen LogP contribution >= 0.6 is 0 Å². The van der Waals surface area contributed by atoms with E-state index in [1.165, 1.54) is 18.0 Å². The Balaban J connectivity index is 2.69. The van der Waals surface area contributed by atoms with Crippen molar-refractivity contribution in [2.75, 3.05) is 17.7 Å². The van der Waals surface area contributed by atoms with Crippen molar-refractivity contribution in [3.05, 3.63) is 23.5 Å². The summed E-state index contributed by atoms with van der Waals surface area (Å²) >= 11 is 3.68. The van der Waals surface area contributed by atoms with Crippen molar-refractivity contribution in [3.8, 4) is 0 Å². The van der Waals surface area contributed by atoms with Gasteiger partial charge in [-0.2, -0.15) is 0 Å². The van der Waals surface area contributed by atoms with Crippen LogP contribution in [0.4, 0.5) is 15.8 Å². The number of amides is 1. The van der Waals surface area contributed by atoms with E-state index < -0.39 is 10.6 Å². The third-order valence-electron chi connectivity index (χ3n) is 2.26. The maximum atomic E-state index is 13.4. The fourth-order valence-electron chi connectivity index (χ4n) is 1.59. The van der Waals surface area contributed by atoms with Crippen molar-refractivity contribution in [1.82, 2.24) is 0 Å². The Morgan fingerprint density at radius 1 is 1.57 bits per heavy atom. The molecule has 0 radical (unpaired) electrons. The number of fused-ring (bicyclic) bond motifs is 1. The van der Waals surface area contributed by atoms with E-state index in [-0.39, 0.29) is 5.91 Å². The zero-order valence-electron chi connectivity index (χ0n) is 7.40. The molecule has 0 aliphatic carbocycles. The molecule has 75 valence electrons. The number of anilines is 2. The molecule has 2 N–H and O–H groups in total. The number of hydrogen-bond acceptors (Lipinski definition) is 2. The molecule has 5 heteroatoms. The van der Waals surface area contributed by atoms with Gasteiger partial charge in [0, 0.05) is 0 Å². The van der Waals surface area contributed by atoms with Gasteiger partial charge < -0.3 is 0 Å². The van der Waals surface area contributed by atoms with Crippen molar-refractivity contribution < 1.29 is 25.2 Å². The van der Waals surface area contributed by atoms with Crippen molar-refractivity contribution in [2.45, 2.75) is 4.82 Å². The molecular formula is C9H8FFeN2O. The molecule has 3 nitrogen and oxygen atoms in total. The second-order valence-corrected chi connectivity index (χ2v) is 3.82. The number of halogens is 1. The van der Waals surface area contributed by atoms with Gasteiger partial charge in [-0.15, -0.1) is 0 Å². The van der Waals surface area contributed by atoms with E-state index in [0.29, 0.717) is 16.9 Å². The number of rotatable bonds is 0. The third-order valence-corrected chi connectivity index (χ3v) is 2.87. The number of likely N-dealkylation sites (N-methyl/N-ethyl adjacent to an activating group) is 1. The van der Waals surface area contributed by atoms with Gasteiger partial charge in [0.25, 0.3) is 0 Å². The van der Waals surface area contributed by atoms with Gasteiger partial charge in [-0.25, -0.2) is 0 Å². The number of hydrogen-bond donors (Lipinski definition) is 1. The first-order valence-corrected chi connectivity index (χ1v) is 4.65. The Morgan fingerprint density at radius 3 is 2.86 bits per heavy atom. The Kier molecular flexibility index (Phi) is 2.01. The topological polar surface area (TPSA) is 46.3 Å². The van der Waals surface area contributed by atoms with Crippen LogP contribution in [0.1, 0.15) is 10.4 Å². The SMILES string of the molecule is CN1C(=O)[CH]([Fe])c2cc(N)cc(F)c21. The molecule has 0 bridgehead atoms. The monoisotopic (exact) mass is 235 g/mol. The Hall–Kier alpha value is -1.06. The van der Waals surface area contributed by atoms with Gasteiger partial charge in [-0.1, -0.05) is 0 Å². The van der Waals surface area contributed by atoms with Gasteiger partial charge in [0.05, 0.1) is 0 Å². The van der Waals surface area contributed by atoms with E-state index in [4.69, 9.17) is 5.73 Å². The van der Waals surface area contributed by atoms with Crippen LogP contribution in [0, 0.1) is 5.82 Å². The summed E-state index contributed by atoms with van der Waals surface area (Å²) in [6.07, 6.45) is 0. The normalized spacial score (nSPS) is 20.1. The summed E-state index contributed by atoms with van der Waals surface area (Å²) in [5, 5.41) is 0. The fourth-order valence-corrected chi connectivity index (χ4v) is 2.05. The molecule has 1 aliphatic heterocycles. The summed E-state index contributed by atoms with van der Waals surface area (Å²) in [7, 11) is 1.53. The number of benzene rings is 1.